The molecular weight excluding hydrogens is 639 g/mol. The quantitative estimate of drug-likeness (QED) is 0.166. The number of aliphatic hydroxyl groups is 1. The summed E-state index contributed by atoms with van der Waals surface area (Å²) in [7, 11) is -4.38. The molecule has 0 unspecified atom stereocenters. The van der Waals surface area contributed by atoms with E-state index in [9.17, 15) is 27.8 Å². The summed E-state index contributed by atoms with van der Waals surface area (Å²) in [5.41, 5.74) is 2.21. The minimum atomic E-state index is -4.38. The molecular formula is C37H26ClFN2O5S. The maximum atomic E-state index is 15.0. The molecule has 0 amide bonds. The van der Waals surface area contributed by atoms with E-state index in [1.54, 1.807) is 68.4 Å². The van der Waals surface area contributed by atoms with Crippen LogP contribution in [0.25, 0.3) is 49.3 Å². The maximum absolute atomic E-state index is 15.0. The minimum Gasteiger partial charge on any atom is -0.478 e. The second kappa shape index (κ2) is 11.8. The first kappa shape index (κ1) is 31.7. The minimum absolute atomic E-state index is 0.0109. The molecule has 0 fully saturated rings. The van der Waals surface area contributed by atoms with Crippen LogP contribution in [0.15, 0.2) is 114 Å². The van der Waals surface area contributed by atoms with Gasteiger partial charge in [0.15, 0.2) is 5.69 Å². The summed E-state index contributed by atoms with van der Waals surface area (Å²) in [6.45, 7) is 11.1. The molecule has 0 bridgehead atoms. The van der Waals surface area contributed by atoms with Gasteiger partial charge >= 0.3 is 5.97 Å². The summed E-state index contributed by atoms with van der Waals surface area (Å²) in [5, 5.41) is 20.3. The number of rotatable bonds is 7. The molecule has 0 radical (unpaired) electrons. The van der Waals surface area contributed by atoms with Gasteiger partial charge in [-0.05, 0) is 79.1 Å². The zero-order valence-electron chi connectivity index (χ0n) is 25.1. The Morgan fingerprint density at radius 1 is 0.872 bits per heavy atom. The molecule has 0 aliphatic rings. The van der Waals surface area contributed by atoms with Crippen molar-refractivity contribution in [2.24, 2.45) is 0 Å². The number of benzene rings is 5. The lowest BCUT2D eigenvalue weighted by Crippen LogP contribution is -2.17. The smallest absolute Gasteiger partial charge is 0.335 e. The molecule has 10 heteroatoms. The first-order valence-corrected chi connectivity index (χ1v) is 16.2. The molecule has 47 heavy (non-hydrogen) atoms. The summed E-state index contributed by atoms with van der Waals surface area (Å²) in [6, 6.07) is 27.7. The number of fused-ring (bicyclic) bond motifs is 1. The summed E-state index contributed by atoms with van der Waals surface area (Å²) in [6.07, 6.45) is 0. The highest BCUT2D eigenvalue weighted by Gasteiger charge is 2.30. The fraction of sp³-hybridized carbons (Fsp3) is 0.0811. The van der Waals surface area contributed by atoms with Crippen LogP contribution in [-0.2, 0) is 15.6 Å². The lowest BCUT2D eigenvalue weighted by molar-refractivity contribution is 0.0696. The third-order valence-electron chi connectivity index (χ3n) is 7.94. The number of carboxylic acids is 1. The number of hydrogen-bond acceptors (Lipinski definition) is 4. The Hall–Kier alpha value is -5.27. The van der Waals surface area contributed by atoms with Gasteiger partial charge in [-0.2, -0.15) is 0 Å². The van der Waals surface area contributed by atoms with Crippen LogP contribution in [0.2, 0.25) is 5.02 Å². The van der Waals surface area contributed by atoms with Crippen LogP contribution in [0.5, 0.6) is 0 Å². The molecule has 5 aromatic carbocycles. The zero-order valence-corrected chi connectivity index (χ0v) is 26.6. The van der Waals surface area contributed by atoms with Crippen molar-refractivity contribution in [3.63, 3.8) is 0 Å². The lowest BCUT2D eigenvalue weighted by atomic mass is 9.95. The fourth-order valence-corrected chi connectivity index (χ4v) is 7.49. The van der Waals surface area contributed by atoms with E-state index in [1.165, 1.54) is 54.6 Å². The van der Waals surface area contributed by atoms with Crippen molar-refractivity contribution in [1.29, 1.82) is 0 Å². The standard InChI is InChI=1S/C37H26ClFN2O5S/c1-37(2,44)25-12-15-27(16-13-25)47(45,46)41-33-18-14-26(39)21-30(33)34(29-9-4-5-10-32(29)40-3)35(41)23-8-6-7-22(19-23)28-17-11-24(36(42)43)20-31(28)38/h4-21,44H,1-2H3,(H,42,43). The zero-order chi connectivity index (χ0) is 33.7. The maximum Gasteiger partial charge on any atom is 0.335 e. The summed E-state index contributed by atoms with van der Waals surface area (Å²) in [5.74, 6) is -1.72. The number of carboxylic acid groups (broad SMARTS) is 1. The number of halogens is 2. The van der Waals surface area contributed by atoms with E-state index >= 15 is 0 Å². The topological polar surface area (TPSA) is 101 Å². The Labute approximate surface area is 275 Å². The van der Waals surface area contributed by atoms with Gasteiger partial charge in [-0.25, -0.2) is 26.4 Å². The number of aromatic nitrogens is 1. The van der Waals surface area contributed by atoms with E-state index in [0.717, 1.165) is 3.97 Å². The van der Waals surface area contributed by atoms with Crippen LogP contribution in [0.1, 0.15) is 29.8 Å². The van der Waals surface area contributed by atoms with E-state index in [-0.39, 0.29) is 37.8 Å². The molecule has 0 saturated carbocycles. The van der Waals surface area contributed by atoms with Gasteiger partial charge in [-0.1, -0.05) is 72.3 Å². The highest BCUT2D eigenvalue weighted by atomic mass is 35.5. The van der Waals surface area contributed by atoms with Gasteiger partial charge < -0.3 is 10.2 Å². The lowest BCUT2D eigenvalue weighted by Gasteiger charge is -2.19. The van der Waals surface area contributed by atoms with Crippen molar-refractivity contribution in [2.45, 2.75) is 24.3 Å². The first-order chi connectivity index (χ1) is 22.3. The van der Waals surface area contributed by atoms with Crippen LogP contribution in [-0.4, -0.2) is 28.6 Å². The molecule has 0 atom stereocenters. The Bertz CT molecular complexity index is 2370. The van der Waals surface area contributed by atoms with Gasteiger partial charge in [0.05, 0.1) is 33.8 Å². The van der Waals surface area contributed by atoms with E-state index in [4.69, 9.17) is 18.2 Å². The molecule has 0 spiro atoms. The van der Waals surface area contributed by atoms with Crippen molar-refractivity contribution < 1.29 is 27.8 Å². The van der Waals surface area contributed by atoms with E-state index in [0.29, 0.717) is 33.4 Å². The normalized spacial score (nSPS) is 11.8. The van der Waals surface area contributed by atoms with Crippen LogP contribution < -0.4 is 0 Å². The Balaban J connectivity index is 1.71. The summed E-state index contributed by atoms with van der Waals surface area (Å²) in [4.78, 5) is 15.1. The fourth-order valence-electron chi connectivity index (χ4n) is 5.66. The first-order valence-electron chi connectivity index (χ1n) is 14.3. The Morgan fingerprint density at radius 3 is 2.23 bits per heavy atom. The predicted octanol–water partition coefficient (Wildman–Crippen LogP) is 9.15. The summed E-state index contributed by atoms with van der Waals surface area (Å²) >= 11 is 6.53. The number of nitrogens with zero attached hydrogens (tertiary/aromatic N) is 2. The van der Waals surface area contributed by atoms with Crippen molar-refractivity contribution in [3.05, 3.63) is 143 Å². The van der Waals surface area contributed by atoms with Crippen molar-refractivity contribution >= 4 is 44.2 Å². The SMILES string of the molecule is [C-]#[N+]c1ccccc1-c1c(-c2cccc(-c3ccc(C(=O)O)cc3Cl)c2)n(S(=O)(=O)c2ccc(C(C)(C)O)cc2)c2ccc(F)cc12. The molecule has 1 aromatic heterocycles. The second-order valence-electron chi connectivity index (χ2n) is 11.4. The second-order valence-corrected chi connectivity index (χ2v) is 13.6. The van der Waals surface area contributed by atoms with Gasteiger partial charge in [0.25, 0.3) is 10.0 Å². The average molecular weight is 665 g/mol. The molecule has 234 valence electrons. The Morgan fingerprint density at radius 2 is 1.57 bits per heavy atom. The van der Waals surface area contributed by atoms with Crippen LogP contribution in [0, 0.1) is 12.4 Å². The van der Waals surface area contributed by atoms with Gasteiger partial charge in [0.2, 0.25) is 0 Å². The van der Waals surface area contributed by atoms with Gasteiger partial charge in [-0.3, -0.25) is 0 Å². The van der Waals surface area contributed by atoms with Crippen molar-refractivity contribution in [3.8, 4) is 33.5 Å². The average Bonchev–Trinajstić information content (AvgIpc) is 3.39. The largest absolute Gasteiger partial charge is 0.478 e. The molecule has 0 aliphatic heterocycles. The number of aromatic carboxylic acids is 1. The molecule has 6 aromatic rings. The number of para-hydroxylation sites is 1. The van der Waals surface area contributed by atoms with Gasteiger partial charge in [0.1, 0.15) is 5.82 Å². The van der Waals surface area contributed by atoms with Gasteiger partial charge in [-0.15, -0.1) is 0 Å². The molecule has 0 aliphatic carbocycles. The molecule has 1 heterocycles. The predicted molar refractivity (Wildman–Crippen MR) is 181 cm³/mol. The van der Waals surface area contributed by atoms with E-state index < -0.39 is 27.4 Å². The monoisotopic (exact) mass is 664 g/mol. The third-order valence-corrected chi connectivity index (χ3v) is 9.98. The summed E-state index contributed by atoms with van der Waals surface area (Å²) < 4.78 is 45.4. The molecule has 0 saturated heterocycles. The van der Waals surface area contributed by atoms with E-state index in [2.05, 4.69) is 4.85 Å². The van der Waals surface area contributed by atoms with Crippen LogP contribution in [0.4, 0.5) is 10.1 Å². The number of hydrogen-bond donors (Lipinski definition) is 2. The molecule has 2 N–H and O–H groups in total. The number of carbonyl (C=O) groups is 1. The van der Waals surface area contributed by atoms with Crippen LogP contribution in [0.3, 0.4) is 0 Å². The van der Waals surface area contributed by atoms with Crippen LogP contribution >= 0.6 is 11.6 Å². The highest BCUT2D eigenvalue weighted by Crippen LogP contribution is 2.47. The molecule has 6 rings (SSSR count). The molecule has 7 nitrogen and oxygen atoms in total. The third kappa shape index (κ3) is 5.68. The van der Waals surface area contributed by atoms with E-state index in [1.807, 2.05) is 0 Å². The van der Waals surface area contributed by atoms with Crippen molar-refractivity contribution in [1.82, 2.24) is 3.97 Å². The van der Waals surface area contributed by atoms with Crippen molar-refractivity contribution in [2.75, 3.05) is 0 Å². The highest BCUT2D eigenvalue weighted by molar-refractivity contribution is 7.90. The Kier molecular flexibility index (Phi) is 7.98. The van der Waals surface area contributed by atoms with Gasteiger partial charge in [0, 0.05) is 27.1 Å².